The van der Waals surface area contributed by atoms with Crippen molar-refractivity contribution in [2.75, 3.05) is 0 Å². The molecule has 0 spiro atoms. The zero-order chi connectivity index (χ0) is 11.5. The van der Waals surface area contributed by atoms with Gasteiger partial charge in [-0.05, 0) is 29.3 Å². The summed E-state index contributed by atoms with van der Waals surface area (Å²) in [7, 11) is 0. The normalized spacial score (nSPS) is 11.1. The van der Waals surface area contributed by atoms with Gasteiger partial charge in [-0.1, -0.05) is 35.3 Å². The Morgan fingerprint density at radius 1 is 1.00 bits per heavy atom. The summed E-state index contributed by atoms with van der Waals surface area (Å²) in [5.74, 6) is 0. The lowest BCUT2D eigenvalue weighted by Gasteiger charge is -2.12. The fraction of sp³-hybridized carbons (Fsp3) is 0.0833. The first-order valence-electron chi connectivity index (χ1n) is 4.79. The van der Waals surface area contributed by atoms with Crippen LogP contribution in [0.15, 0.2) is 42.7 Å². The van der Waals surface area contributed by atoms with E-state index in [-0.39, 0.29) is 30.9 Å². The summed E-state index contributed by atoms with van der Waals surface area (Å²) in [6.07, 6.45) is 3.46. The molecular formula is C12H12Cl4N2. The van der Waals surface area contributed by atoms with Crippen molar-refractivity contribution in [1.29, 1.82) is 0 Å². The summed E-state index contributed by atoms with van der Waals surface area (Å²) in [4.78, 5) is 4.03. The van der Waals surface area contributed by atoms with Gasteiger partial charge < -0.3 is 5.73 Å². The first-order chi connectivity index (χ1) is 7.68. The van der Waals surface area contributed by atoms with Crippen molar-refractivity contribution in [3.05, 3.63) is 63.9 Å². The van der Waals surface area contributed by atoms with Gasteiger partial charge in [0.15, 0.2) is 0 Å². The molecular weight excluding hydrogens is 314 g/mol. The average molecular weight is 326 g/mol. The Kier molecular flexibility index (Phi) is 7.60. The molecule has 1 aromatic heterocycles. The van der Waals surface area contributed by atoms with E-state index in [4.69, 9.17) is 28.9 Å². The van der Waals surface area contributed by atoms with Crippen LogP contribution in [0.2, 0.25) is 10.0 Å². The SMILES string of the molecule is Cl.Cl.NC(c1cccnc1)c1ccc(Cl)c(Cl)c1. The highest BCUT2D eigenvalue weighted by Gasteiger charge is 2.10. The Hall–Kier alpha value is -0.510. The predicted molar refractivity (Wildman–Crippen MR) is 81.2 cm³/mol. The molecule has 0 amide bonds. The van der Waals surface area contributed by atoms with Crippen LogP contribution < -0.4 is 5.73 Å². The second kappa shape index (κ2) is 7.82. The minimum absolute atomic E-state index is 0. The zero-order valence-corrected chi connectivity index (χ0v) is 12.4. The number of nitrogens with zero attached hydrogens (tertiary/aromatic N) is 1. The third kappa shape index (κ3) is 4.01. The van der Waals surface area contributed by atoms with Crippen molar-refractivity contribution < 1.29 is 0 Å². The number of aromatic nitrogens is 1. The Morgan fingerprint density at radius 3 is 2.28 bits per heavy atom. The van der Waals surface area contributed by atoms with Gasteiger partial charge in [-0.2, -0.15) is 0 Å². The first-order valence-corrected chi connectivity index (χ1v) is 5.54. The van der Waals surface area contributed by atoms with Crippen LogP contribution >= 0.6 is 48.0 Å². The van der Waals surface area contributed by atoms with Crippen molar-refractivity contribution in [2.24, 2.45) is 5.73 Å². The van der Waals surface area contributed by atoms with E-state index < -0.39 is 0 Å². The van der Waals surface area contributed by atoms with E-state index in [0.717, 1.165) is 11.1 Å². The standard InChI is InChI=1S/C12H10Cl2N2.2ClH/c13-10-4-3-8(6-11(10)14)12(15)9-2-1-5-16-7-9;;/h1-7,12H,15H2;2*1H. The van der Waals surface area contributed by atoms with Crippen LogP contribution in [-0.4, -0.2) is 4.98 Å². The molecule has 2 N–H and O–H groups in total. The van der Waals surface area contributed by atoms with Crippen LogP contribution in [0.1, 0.15) is 17.2 Å². The van der Waals surface area contributed by atoms with Crippen LogP contribution in [-0.2, 0) is 0 Å². The number of halogens is 4. The third-order valence-electron chi connectivity index (χ3n) is 2.35. The van der Waals surface area contributed by atoms with Gasteiger partial charge in [-0.15, -0.1) is 24.8 Å². The fourth-order valence-corrected chi connectivity index (χ4v) is 1.76. The van der Waals surface area contributed by atoms with Gasteiger partial charge in [0.1, 0.15) is 0 Å². The van der Waals surface area contributed by atoms with Gasteiger partial charge in [-0.25, -0.2) is 0 Å². The summed E-state index contributed by atoms with van der Waals surface area (Å²) in [5, 5.41) is 1.04. The molecule has 0 bridgehead atoms. The zero-order valence-electron chi connectivity index (χ0n) is 9.22. The maximum Gasteiger partial charge on any atom is 0.0595 e. The summed E-state index contributed by atoms with van der Waals surface area (Å²) in [6, 6.07) is 8.94. The van der Waals surface area contributed by atoms with Gasteiger partial charge in [0.25, 0.3) is 0 Å². The topological polar surface area (TPSA) is 38.9 Å². The van der Waals surface area contributed by atoms with Crippen LogP contribution in [0.5, 0.6) is 0 Å². The number of hydrogen-bond donors (Lipinski definition) is 1. The number of rotatable bonds is 2. The molecule has 0 aliphatic heterocycles. The number of pyridine rings is 1. The Bertz CT molecular complexity index is 491. The van der Waals surface area contributed by atoms with Gasteiger partial charge in [0.05, 0.1) is 16.1 Å². The van der Waals surface area contributed by atoms with E-state index in [1.165, 1.54) is 0 Å². The lowest BCUT2D eigenvalue weighted by molar-refractivity contribution is 0.863. The highest BCUT2D eigenvalue weighted by Crippen LogP contribution is 2.27. The van der Waals surface area contributed by atoms with Crippen molar-refractivity contribution in [3.63, 3.8) is 0 Å². The quantitative estimate of drug-likeness (QED) is 0.895. The molecule has 0 saturated carbocycles. The van der Waals surface area contributed by atoms with Crippen molar-refractivity contribution in [3.8, 4) is 0 Å². The second-order valence-electron chi connectivity index (χ2n) is 3.44. The van der Waals surface area contributed by atoms with Crippen LogP contribution in [0.3, 0.4) is 0 Å². The molecule has 2 aromatic rings. The summed E-state index contributed by atoms with van der Waals surface area (Å²) >= 11 is 11.8. The molecule has 0 saturated heterocycles. The van der Waals surface area contributed by atoms with Crippen molar-refractivity contribution in [2.45, 2.75) is 6.04 Å². The monoisotopic (exact) mass is 324 g/mol. The molecule has 2 nitrogen and oxygen atoms in total. The second-order valence-corrected chi connectivity index (χ2v) is 4.25. The van der Waals surface area contributed by atoms with Gasteiger partial charge in [0, 0.05) is 12.4 Å². The maximum absolute atomic E-state index is 6.09. The van der Waals surface area contributed by atoms with Crippen molar-refractivity contribution in [1.82, 2.24) is 4.98 Å². The summed E-state index contributed by atoms with van der Waals surface area (Å²) < 4.78 is 0. The van der Waals surface area contributed by atoms with E-state index in [1.54, 1.807) is 24.5 Å². The highest BCUT2D eigenvalue weighted by molar-refractivity contribution is 6.42. The third-order valence-corrected chi connectivity index (χ3v) is 3.09. The molecule has 1 atom stereocenters. The molecule has 0 aliphatic carbocycles. The minimum atomic E-state index is -0.233. The van der Waals surface area contributed by atoms with Crippen LogP contribution in [0.25, 0.3) is 0 Å². The molecule has 2 rings (SSSR count). The predicted octanol–water partition coefficient (Wildman–Crippen LogP) is 4.28. The Morgan fingerprint density at radius 2 is 1.72 bits per heavy atom. The molecule has 6 heteroatoms. The van der Waals surface area contributed by atoms with Crippen LogP contribution in [0, 0.1) is 0 Å². The van der Waals surface area contributed by atoms with Crippen molar-refractivity contribution >= 4 is 48.0 Å². The fourth-order valence-electron chi connectivity index (χ4n) is 1.46. The molecule has 18 heavy (non-hydrogen) atoms. The average Bonchev–Trinajstić information content (AvgIpc) is 2.33. The van der Waals surface area contributed by atoms with E-state index in [9.17, 15) is 0 Å². The largest absolute Gasteiger partial charge is 0.320 e. The van der Waals surface area contributed by atoms with Gasteiger partial charge in [0.2, 0.25) is 0 Å². The molecule has 1 heterocycles. The van der Waals surface area contributed by atoms with E-state index >= 15 is 0 Å². The summed E-state index contributed by atoms with van der Waals surface area (Å²) in [6.45, 7) is 0. The Labute approximate surface area is 128 Å². The molecule has 0 aliphatic rings. The van der Waals surface area contributed by atoms with E-state index in [1.807, 2.05) is 18.2 Å². The highest BCUT2D eigenvalue weighted by atomic mass is 35.5. The Balaban J connectivity index is 0.00000144. The number of nitrogens with two attached hydrogens (primary N) is 1. The lowest BCUT2D eigenvalue weighted by atomic mass is 10.0. The molecule has 0 fully saturated rings. The maximum atomic E-state index is 6.09. The minimum Gasteiger partial charge on any atom is -0.320 e. The van der Waals surface area contributed by atoms with Gasteiger partial charge >= 0.3 is 0 Å². The molecule has 0 radical (unpaired) electrons. The molecule has 1 unspecified atom stereocenters. The van der Waals surface area contributed by atoms with Gasteiger partial charge in [-0.3, -0.25) is 4.98 Å². The van der Waals surface area contributed by atoms with E-state index in [0.29, 0.717) is 10.0 Å². The van der Waals surface area contributed by atoms with E-state index in [2.05, 4.69) is 4.98 Å². The molecule has 98 valence electrons. The smallest absolute Gasteiger partial charge is 0.0595 e. The molecule has 1 aromatic carbocycles. The lowest BCUT2D eigenvalue weighted by Crippen LogP contribution is -2.11. The number of benzene rings is 1. The first kappa shape index (κ1) is 17.5. The number of hydrogen-bond acceptors (Lipinski definition) is 2. The van der Waals surface area contributed by atoms with Crippen LogP contribution in [0.4, 0.5) is 0 Å². The summed E-state index contributed by atoms with van der Waals surface area (Å²) in [5.41, 5.74) is 7.96.